The van der Waals surface area contributed by atoms with Gasteiger partial charge in [-0.05, 0) is 66.2 Å². The summed E-state index contributed by atoms with van der Waals surface area (Å²) in [6, 6.07) is 28.1. The van der Waals surface area contributed by atoms with Gasteiger partial charge in [-0.2, -0.15) is 0 Å². The summed E-state index contributed by atoms with van der Waals surface area (Å²) in [6.45, 7) is 0.516. The van der Waals surface area contributed by atoms with E-state index >= 15 is 0 Å². The molecular weight excluding hydrogens is 401 g/mol. The van der Waals surface area contributed by atoms with Crippen molar-refractivity contribution in [2.45, 2.75) is 6.61 Å². The van der Waals surface area contributed by atoms with E-state index in [1.807, 2.05) is 66.7 Å². The third kappa shape index (κ3) is 4.27. The van der Waals surface area contributed by atoms with E-state index in [0.29, 0.717) is 6.61 Å². The Kier molecular flexibility index (Phi) is 5.45. The summed E-state index contributed by atoms with van der Waals surface area (Å²) in [5.74, 6) is 1.24. The number of H-pyrrole nitrogens is 1. The van der Waals surface area contributed by atoms with Crippen LogP contribution in [0.15, 0.2) is 103 Å². The Balaban J connectivity index is 1.45. The highest BCUT2D eigenvalue weighted by atomic mass is 19.1. The third-order valence-electron chi connectivity index (χ3n) is 5.17. The van der Waals surface area contributed by atoms with Crippen molar-refractivity contribution in [3.8, 4) is 39.7 Å². The van der Waals surface area contributed by atoms with Gasteiger partial charge >= 0.3 is 0 Å². The lowest BCUT2D eigenvalue weighted by molar-refractivity contribution is 0.306. The van der Waals surface area contributed by atoms with Crippen LogP contribution in [0.5, 0.6) is 5.75 Å². The van der Waals surface area contributed by atoms with Crippen LogP contribution >= 0.6 is 0 Å². The summed E-state index contributed by atoms with van der Waals surface area (Å²) < 4.78 is 19.3. The van der Waals surface area contributed by atoms with Gasteiger partial charge < -0.3 is 9.72 Å². The van der Waals surface area contributed by atoms with Crippen molar-refractivity contribution in [2.75, 3.05) is 0 Å². The van der Waals surface area contributed by atoms with E-state index in [2.05, 4.69) is 9.97 Å². The number of aromatic amines is 1. The molecule has 0 aliphatic carbocycles. The van der Waals surface area contributed by atoms with Crippen LogP contribution in [-0.2, 0) is 6.61 Å². The van der Waals surface area contributed by atoms with Gasteiger partial charge in [0.2, 0.25) is 0 Å². The first-order valence-corrected chi connectivity index (χ1v) is 10.3. The first-order valence-electron chi connectivity index (χ1n) is 10.3. The molecule has 5 rings (SSSR count). The molecule has 0 bridgehead atoms. The number of hydrogen-bond acceptors (Lipinski definition) is 3. The second kappa shape index (κ2) is 8.86. The van der Waals surface area contributed by atoms with Crippen LogP contribution < -0.4 is 4.74 Å². The van der Waals surface area contributed by atoms with Gasteiger partial charge in [0.15, 0.2) is 0 Å². The summed E-state index contributed by atoms with van der Waals surface area (Å²) in [5, 5.41) is 0. The molecule has 0 fully saturated rings. The summed E-state index contributed by atoms with van der Waals surface area (Å²) in [6.07, 6.45) is 3.48. The van der Waals surface area contributed by atoms with Crippen LogP contribution in [0.25, 0.3) is 33.9 Å². The lowest BCUT2D eigenvalue weighted by Crippen LogP contribution is -1.94. The lowest BCUT2D eigenvalue weighted by atomic mass is 10.1. The summed E-state index contributed by atoms with van der Waals surface area (Å²) in [4.78, 5) is 12.4. The van der Waals surface area contributed by atoms with Gasteiger partial charge in [0.1, 0.15) is 24.0 Å². The second-order valence-electron chi connectivity index (χ2n) is 7.35. The molecule has 3 aromatic carbocycles. The molecule has 156 valence electrons. The Morgan fingerprint density at radius 1 is 0.719 bits per heavy atom. The van der Waals surface area contributed by atoms with Crippen molar-refractivity contribution >= 4 is 0 Å². The first kappa shape index (κ1) is 19.7. The van der Waals surface area contributed by atoms with Gasteiger partial charge in [-0.1, -0.05) is 30.3 Å². The van der Waals surface area contributed by atoms with E-state index in [4.69, 9.17) is 9.72 Å². The molecule has 0 unspecified atom stereocenters. The molecule has 2 aromatic heterocycles. The van der Waals surface area contributed by atoms with Gasteiger partial charge in [-0.25, -0.2) is 9.37 Å². The molecule has 5 aromatic rings. The zero-order valence-corrected chi connectivity index (χ0v) is 17.2. The Morgan fingerprint density at radius 3 is 2.12 bits per heavy atom. The van der Waals surface area contributed by atoms with Crippen LogP contribution in [0, 0.1) is 5.82 Å². The number of benzene rings is 3. The summed E-state index contributed by atoms with van der Waals surface area (Å²) >= 11 is 0. The number of rotatable bonds is 6. The summed E-state index contributed by atoms with van der Waals surface area (Å²) in [7, 11) is 0. The Morgan fingerprint density at radius 2 is 1.41 bits per heavy atom. The molecule has 0 spiro atoms. The zero-order valence-electron chi connectivity index (χ0n) is 17.2. The fourth-order valence-corrected chi connectivity index (χ4v) is 3.50. The molecule has 0 amide bonds. The number of ether oxygens (including phenoxy) is 1. The standard InChI is InChI=1S/C27H20FN3O/c28-23-10-6-20(7-11-23)25-26(21-14-16-29-17-15-21)31-27(30-25)22-8-12-24(13-9-22)32-18-19-4-2-1-3-5-19/h1-17H,18H2,(H,30,31). The number of hydrogen-bond donors (Lipinski definition) is 1. The zero-order chi connectivity index (χ0) is 21.8. The quantitative estimate of drug-likeness (QED) is 0.339. The van der Waals surface area contributed by atoms with Crippen LogP contribution in [0.2, 0.25) is 0 Å². The minimum absolute atomic E-state index is 0.277. The number of halogens is 1. The Bertz CT molecular complexity index is 1300. The van der Waals surface area contributed by atoms with Crippen molar-refractivity contribution in [1.82, 2.24) is 15.0 Å². The fourth-order valence-electron chi connectivity index (χ4n) is 3.50. The molecule has 1 N–H and O–H groups in total. The van der Waals surface area contributed by atoms with E-state index in [1.54, 1.807) is 24.5 Å². The fraction of sp³-hybridized carbons (Fsp3) is 0.0370. The van der Waals surface area contributed by atoms with Crippen molar-refractivity contribution in [3.63, 3.8) is 0 Å². The highest BCUT2D eigenvalue weighted by molar-refractivity contribution is 5.81. The van der Waals surface area contributed by atoms with Gasteiger partial charge in [0.25, 0.3) is 0 Å². The van der Waals surface area contributed by atoms with E-state index in [0.717, 1.165) is 45.2 Å². The highest BCUT2D eigenvalue weighted by Gasteiger charge is 2.15. The normalized spacial score (nSPS) is 10.8. The predicted octanol–water partition coefficient (Wildman–Crippen LogP) is 6.52. The largest absolute Gasteiger partial charge is 0.489 e. The topological polar surface area (TPSA) is 50.8 Å². The monoisotopic (exact) mass is 421 g/mol. The SMILES string of the molecule is Fc1ccc(-c2nc(-c3ccc(OCc4ccccc4)cc3)[nH]c2-c2ccncc2)cc1. The van der Waals surface area contributed by atoms with Gasteiger partial charge in [0, 0.05) is 29.1 Å². The molecule has 0 saturated heterocycles. The van der Waals surface area contributed by atoms with Crippen molar-refractivity contribution in [3.05, 3.63) is 115 Å². The molecular formula is C27H20FN3O. The maximum Gasteiger partial charge on any atom is 0.138 e. The Hall–Kier alpha value is -4.25. The van der Waals surface area contributed by atoms with Crippen molar-refractivity contribution < 1.29 is 9.13 Å². The molecule has 5 heteroatoms. The highest BCUT2D eigenvalue weighted by Crippen LogP contribution is 2.33. The number of nitrogens with zero attached hydrogens (tertiary/aromatic N) is 2. The number of imidazole rings is 1. The smallest absolute Gasteiger partial charge is 0.138 e. The van der Waals surface area contributed by atoms with E-state index < -0.39 is 0 Å². The Labute approximate surface area is 185 Å². The summed E-state index contributed by atoms with van der Waals surface area (Å²) in [5.41, 5.74) is 5.47. The number of pyridine rings is 1. The molecule has 0 saturated carbocycles. The number of aromatic nitrogens is 3. The van der Waals surface area contributed by atoms with Crippen molar-refractivity contribution in [1.29, 1.82) is 0 Å². The molecule has 32 heavy (non-hydrogen) atoms. The van der Waals surface area contributed by atoms with Crippen LogP contribution in [0.3, 0.4) is 0 Å². The average molecular weight is 421 g/mol. The maximum absolute atomic E-state index is 13.5. The average Bonchev–Trinajstić information content (AvgIpc) is 3.30. The van der Waals surface area contributed by atoms with E-state index in [1.165, 1.54) is 12.1 Å². The lowest BCUT2D eigenvalue weighted by Gasteiger charge is -2.06. The van der Waals surface area contributed by atoms with Gasteiger partial charge in [0.05, 0.1) is 11.4 Å². The molecule has 0 aliphatic heterocycles. The second-order valence-corrected chi connectivity index (χ2v) is 7.35. The minimum Gasteiger partial charge on any atom is -0.489 e. The molecule has 4 nitrogen and oxygen atoms in total. The first-order chi connectivity index (χ1) is 15.8. The number of nitrogens with one attached hydrogen (secondary N) is 1. The van der Waals surface area contributed by atoms with E-state index in [-0.39, 0.29) is 5.82 Å². The van der Waals surface area contributed by atoms with Gasteiger partial charge in [-0.15, -0.1) is 0 Å². The van der Waals surface area contributed by atoms with E-state index in [9.17, 15) is 4.39 Å². The van der Waals surface area contributed by atoms with Crippen LogP contribution in [0.4, 0.5) is 4.39 Å². The third-order valence-corrected chi connectivity index (χ3v) is 5.17. The molecule has 0 radical (unpaired) electrons. The maximum atomic E-state index is 13.5. The minimum atomic E-state index is -0.277. The van der Waals surface area contributed by atoms with Crippen molar-refractivity contribution in [2.24, 2.45) is 0 Å². The molecule has 2 heterocycles. The van der Waals surface area contributed by atoms with Gasteiger partial charge in [-0.3, -0.25) is 4.98 Å². The molecule has 0 aliphatic rings. The van der Waals surface area contributed by atoms with Crippen LogP contribution in [-0.4, -0.2) is 15.0 Å². The van der Waals surface area contributed by atoms with Crippen LogP contribution in [0.1, 0.15) is 5.56 Å². The molecule has 0 atom stereocenters. The predicted molar refractivity (Wildman–Crippen MR) is 123 cm³/mol.